The highest BCUT2D eigenvalue weighted by Crippen LogP contribution is 2.37. The molecule has 5 rings (SSSR count). The maximum Gasteiger partial charge on any atom is 0.192 e. The standard InChI is InChI=1S/C23H24N4O2S/c1-4-7-15-10-11-17(18(12-15)28-3)29-14(2)21-25-22-20-16-8-5-6-9-19(16)30-23(20)24-13-27(22)26-21/h4,10-14H,1,5-9H2,2-3H3. The summed E-state index contributed by atoms with van der Waals surface area (Å²) in [5, 5.41) is 5.82. The predicted octanol–water partition coefficient (Wildman–Crippen LogP) is 5.09. The molecule has 1 aliphatic rings. The maximum absolute atomic E-state index is 6.18. The van der Waals surface area contributed by atoms with Crippen molar-refractivity contribution in [2.24, 2.45) is 0 Å². The summed E-state index contributed by atoms with van der Waals surface area (Å²) in [5.74, 6) is 2.01. The van der Waals surface area contributed by atoms with Crippen LogP contribution in [0.25, 0.3) is 15.9 Å². The summed E-state index contributed by atoms with van der Waals surface area (Å²) in [7, 11) is 1.65. The number of methoxy groups -OCH3 is 1. The zero-order chi connectivity index (χ0) is 20.7. The molecule has 3 aromatic heterocycles. The van der Waals surface area contributed by atoms with E-state index < -0.39 is 0 Å². The Morgan fingerprint density at radius 2 is 2.13 bits per heavy atom. The second-order valence-electron chi connectivity index (χ2n) is 7.61. The van der Waals surface area contributed by atoms with Crippen molar-refractivity contribution in [3.05, 3.63) is 59.0 Å². The summed E-state index contributed by atoms with van der Waals surface area (Å²) < 4.78 is 13.5. The number of aromatic nitrogens is 4. The molecule has 154 valence electrons. The summed E-state index contributed by atoms with van der Waals surface area (Å²) in [6, 6.07) is 5.93. The van der Waals surface area contributed by atoms with Gasteiger partial charge in [0.1, 0.15) is 11.2 Å². The van der Waals surface area contributed by atoms with Gasteiger partial charge in [-0.1, -0.05) is 12.1 Å². The zero-order valence-electron chi connectivity index (χ0n) is 17.2. The quantitative estimate of drug-likeness (QED) is 0.406. The average Bonchev–Trinajstić information content (AvgIpc) is 3.36. The molecular formula is C23H24N4O2S. The highest BCUT2D eigenvalue weighted by atomic mass is 32.1. The maximum atomic E-state index is 6.18. The first-order valence-corrected chi connectivity index (χ1v) is 11.1. The summed E-state index contributed by atoms with van der Waals surface area (Å²) in [4.78, 5) is 12.0. The molecule has 0 aliphatic heterocycles. The van der Waals surface area contributed by atoms with Crippen molar-refractivity contribution < 1.29 is 9.47 Å². The van der Waals surface area contributed by atoms with E-state index in [1.165, 1.54) is 23.3 Å². The highest BCUT2D eigenvalue weighted by Gasteiger charge is 2.22. The van der Waals surface area contributed by atoms with E-state index in [-0.39, 0.29) is 6.10 Å². The van der Waals surface area contributed by atoms with Gasteiger partial charge in [-0.25, -0.2) is 14.5 Å². The van der Waals surface area contributed by atoms with Crippen LogP contribution in [0.4, 0.5) is 0 Å². The van der Waals surface area contributed by atoms with E-state index in [0.29, 0.717) is 17.3 Å². The van der Waals surface area contributed by atoms with E-state index in [1.807, 2.05) is 31.2 Å². The Bertz CT molecular complexity index is 1240. The van der Waals surface area contributed by atoms with E-state index in [2.05, 4.69) is 16.7 Å². The molecule has 0 bridgehead atoms. The molecule has 0 radical (unpaired) electrons. The minimum absolute atomic E-state index is 0.325. The predicted molar refractivity (Wildman–Crippen MR) is 119 cm³/mol. The Morgan fingerprint density at radius 1 is 1.27 bits per heavy atom. The van der Waals surface area contributed by atoms with E-state index in [1.54, 1.807) is 29.3 Å². The van der Waals surface area contributed by atoms with Crippen molar-refractivity contribution in [2.45, 2.75) is 45.1 Å². The smallest absolute Gasteiger partial charge is 0.192 e. The highest BCUT2D eigenvalue weighted by molar-refractivity contribution is 7.19. The summed E-state index contributed by atoms with van der Waals surface area (Å²) >= 11 is 1.80. The summed E-state index contributed by atoms with van der Waals surface area (Å²) in [5.41, 5.74) is 3.41. The van der Waals surface area contributed by atoms with Crippen LogP contribution in [0.15, 0.2) is 37.2 Å². The lowest BCUT2D eigenvalue weighted by Gasteiger charge is -2.15. The van der Waals surface area contributed by atoms with Gasteiger partial charge in [0.25, 0.3) is 0 Å². The summed E-state index contributed by atoms with van der Waals surface area (Å²) in [6.45, 7) is 5.75. The van der Waals surface area contributed by atoms with Crippen molar-refractivity contribution in [3.8, 4) is 11.5 Å². The molecule has 1 atom stereocenters. The lowest BCUT2D eigenvalue weighted by atomic mass is 9.97. The minimum Gasteiger partial charge on any atom is -0.493 e. The van der Waals surface area contributed by atoms with Crippen LogP contribution in [-0.2, 0) is 19.3 Å². The molecule has 0 saturated carbocycles. The van der Waals surface area contributed by atoms with Crippen LogP contribution in [0.3, 0.4) is 0 Å². The average molecular weight is 421 g/mol. The fourth-order valence-electron chi connectivity index (χ4n) is 4.09. The van der Waals surface area contributed by atoms with Crippen LogP contribution in [0, 0.1) is 0 Å². The van der Waals surface area contributed by atoms with Crippen molar-refractivity contribution in [3.63, 3.8) is 0 Å². The molecule has 1 aromatic carbocycles. The zero-order valence-corrected chi connectivity index (χ0v) is 18.0. The Kier molecular flexibility index (Phi) is 4.90. The molecular weight excluding hydrogens is 396 g/mol. The third-order valence-corrected chi connectivity index (χ3v) is 6.78. The second kappa shape index (κ2) is 7.72. The first-order chi connectivity index (χ1) is 14.7. The minimum atomic E-state index is -0.325. The molecule has 1 unspecified atom stereocenters. The number of nitrogens with zero attached hydrogens (tertiary/aromatic N) is 4. The number of fused-ring (bicyclic) bond motifs is 5. The molecule has 3 heterocycles. The number of allylic oxidation sites excluding steroid dienone is 1. The van der Waals surface area contributed by atoms with Gasteiger partial charge in [0.05, 0.1) is 12.5 Å². The van der Waals surface area contributed by atoms with Crippen LogP contribution >= 0.6 is 11.3 Å². The van der Waals surface area contributed by atoms with Crippen molar-refractivity contribution in [1.82, 2.24) is 19.6 Å². The number of benzene rings is 1. The molecule has 0 fully saturated rings. The normalized spacial score (nSPS) is 14.6. The van der Waals surface area contributed by atoms with Crippen LogP contribution in [0.2, 0.25) is 0 Å². The Balaban J connectivity index is 1.50. The van der Waals surface area contributed by atoms with Gasteiger partial charge in [-0.05, 0) is 62.3 Å². The van der Waals surface area contributed by atoms with E-state index in [4.69, 9.17) is 14.5 Å². The van der Waals surface area contributed by atoms with E-state index in [0.717, 1.165) is 40.7 Å². The van der Waals surface area contributed by atoms with Crippen LogP contribution < -0.4 is 9.47 Å². The topological polar surface area (TPSA) is 61.5 Å². The van der Waals surface area contributed by atoms with Gasteiger partial charge in [-0.3, -0.25) is 0 Å². The van der Waals surface area contributed by atoms with Crippen molar-refractivity contribution >= 4 is 27.2 Å². The Morgan fingerprint density at radius 3 is 2.97 bits per heavy atom. The van der Waals surface area contributed by atoms with Gasteiger partial charge in [0.15, 0.2) is 29.1 Å². The SMILES string of the molecule is C=CCc1ccc(OC(C)c2nc3c4c5c(sc4ncn3n2)CCCC5)c(OC)c1. The number of aryl methyl sites for hydroxylation is 2. The van der Waals surface area contributed by atoms with E-state index in [9.17, 15) is 0 Å². The Hall–Kier alpha value is -2.93. The Labute approximate surface area is 179 Å². The fourth-order valence-corrected chi connectivity index (χ4v) is 5.31. The van der Waals surface area contributed by atoms with Gasteiger partial charge in [0, 0.05) is 4.88 Å². The third-order valence-electron chi connectivity index (χ3n) is 5.58. The first kappa shape index (κ1) is 19.1. The van der Waals surface area contributed by atoms with Gasteiger partial charge in [-0.2, -0.15) is 0 Å². The van der Waals surface area contributed by atoms with Gasteiger partial charge in [-0.15, -0.1) is 23.0 Å². The molecule has 0 saturated heterocycles. The lowest BCUT2D eigenvalue weighted by Crippen LogP contribution is -2.06. The van der Waals surface area contributed by atoms with Crippen LogP contribution in [-0.4, -0.2) is 26.7 Å². The second-order valence-corrected chi connectivity index (χ2v) is 8.70. The van der Waals surface area contributed by atoms with Crippen LogP contribution in [0.5, 0.6) is 11.5 Å². The number of hydrogen-bond acceptors (Lipinski definition) is 6. The molecule has 0 amide bonds. The first-order valence-electron chi connectivity index (χ1n) is 10.3. The van der Waals surface area contributed by atoms with Crippen molar-refractivity contribution in [1.29, 1.82) is 0 Å². The van der Waals surface area contributed by atoms with Gasteiger partial charge >= 0.3 is 0 Å². The molecule has 7 heteroatoms. The molecule has 1 aliphatic carbocycles. The number of thiophene rings is 1. The summed E-state index contributed by atoms with van der Waals surface area (Å²) in [6.07, 6.45) is 8.81. The molecule has 0 spiro atoms. The number of hydrogen-bond donors (Lipinski definition) is 0. The van der Waals surface area contributed by atoms with Gasteiger partial charge < -0.3 is 9.47 Å². The number of rotatable bonds is 6. The third kappa shape index (κ3) is 3.23. The molecule has 4 aromatic rings. The monoisotopic (exact) mass is 420 g/mol. The number of ether oxygens (including phenoxy) is 2. The molecule has 6 nitrogen and oxygen atoms in total. The van der Waals surface area contributed by atoms with Crippen molar-refractivity contribution in [2.75, 3.05) is 7.11 Å². The van der Waals surface area contributed by atoms with Crippen LogP contribution in [0.1, 0.15) is 47.7 Å². The molecule has 0 N–H and O–H groups in total. The van der Waals surface area contributed by atoms with E-state index >= 15 is 0 Å². The van der Waals surface area contributed by atoms with Gasteiger partial charge in [0.2, 0.25) is 0 Å². The lowest BCUT2D eigenvalue weighted by molar-refractivity contribution is 0.206. The largest absolute Gasteiger partial charge is 0.493 e. The fraction of sp³-hybridized carbons (Fsp3) is 0.348. The molecule has 30 heavy (non-hydrogen) atoms.